The molecule has 1 aliphatic heterocycles. The Morgan fingerprint density at radius 2 is 1.69 bits per heavy atom. The molecule has 0 unspecified atom stereocenters. The number of hydrogen-bond donors (Lipinski definition) is 2. The van der Waals surface area contributed by atoms with E-state index in [0.717, 1.165) is 49.9 Å². The van der Waals surface area contributed by atoms with Crippen LogP contribution in [0.3, 0.4) is 0 Å². The Morgan fingerprint density at radius 1 is 0.938 bits per heavy atom. The highest BCUT2D eigenvalue weighted by Gasteiger charge is 2.23. The van der Waals surface area contributed by atoms with E-state index in [4.69, 9.17) is 0 Å². The Balaban J connectivity index is 1.27. The van der Waals surface area contributed by atoms with E-state index in [1.807, 2.05) is 41.3 Å². The zero-order valence-electron chi connectivity index (χ0n) is 18.2. The van der Waals surface area contributed by atoms with E-state index in [9.17, 15) is 14.4 Å². The number of nitrogens with one attached hydrogen (secondary N) is 2. The summed E-state index contributed by atoms with van der Waals surface area (Å²) in [7, 11) is 0. The van der Waals surface area contributed by atoms with Crippen LogP contribution in [0.15, 0.2) is 54.6 Å². The minimum Gasteiger partial charge on any atom is -0.349 e. The van der Waals surface area contributed by atoms with Crippen LogP contribution in [0.4, 0.5) is 0 Å². The lowest BCUT2D eigenvalue weighted by Crippen LogP contribution is -2.35. The number of amides is 3. The third-order valence-corrected chi connectivity index (χ3v) is 5.80. The fourth-order valence-electron chi connectivity index (χ4n) is 3.76. The van der Waals surface area contributed by atoms with Crippen LogP contribution in [-0.4, -0.2) is 41.8 Å². The second-order valence-electron chi connectivity index (χ2n) is 8.47. The van der Waals surface area contributed by atoms with Crippen LogP contribution in [0.1, 0.15) is 63.9 Å². The van der Waals surface area contributed by atoms with Crippen LogP contribution in [0.5, 0.6) is 0 Å². The molecule has 2 fully saturated rings. The molecule has 2 N–H and O–H groups in total. The minimum atomic E-state index is -0.215. The second-order valence-corrected chi connectivity index (χ2v) is 8.47. The average Bonchev–Trinajstić information content (AvgIpc) is 3.66. The molecular weight excluding hydrogens is 402 g/mol. The van der Waals surface area contributed by atoms with Crippen molar-refractivity contribution in [1.29, 1.82) is 0 Å². The molecule has 0 radical (unpaired) electrons. The van der Waals surface area contributed by atoms with Gasteiger partial charge in [0.25, 0.3) is 11.8 Å². The Morgan fingerprint density at radius 3 is 2.41 bits per heavy atom. The number of likely N-dealkylation sites (tertiary alicyclic amines) is 1. The van der Waals surface area contributed by atoms with Crippen molar-refractivity contribution in [1.82, 2.24) is 15.5 Å². The molecule has 1 saturated carbocycles. The van der Waals surface area contributed by atoms with Crippen molar-refractivity contribution in [3.8, 4) is 0 Å². The normalized spacial score (nSPS) is 16.1. The number of carbonyl (C=O) groups is 3. The maximum absolute atomic E-state index is 12.7. The Labute approximate surface area is 188 Å². The Hall–Kier alpha value is -3.41. The molecule has 166 valence electrons. The smallest absolute Gasteiger partial charge is 0.253 e. The van der Waals surface area contributed by atoms with Crippen LogP contribution in [-0.2, 0) is 11.3 Å². The van der Waals surface area contributed by atoms with Gasteiger partial charge in [-0.3, -0.25) is 14.4 Å². The number of benzene rings is 2. The fourth-order valence-corrected chi connectivity index (χ4v) is 3.76. The highest BCUT2D eigenvalue weighted by molar-refractivity contribution is 5.96. The van der Waals surface area contributed by atoms with Crippen LogP contribution in [0.2, 0.25) is 0 Å². The maximum Gasteiger partial charge on any atom is 0.253 e. The van der Waals surface area contributed by atoms with Gasteiger partial charge >= 0.3 is 0 Å². The summed E-state index contributed by atoms with van der Waals surface area (Å²) in [6.45, 7) is 1.98. The molecule has 0 spiro atoms. The molecule has 2 aromatic carbocycles. The first kappa shape index (κ1) is 21.8. The molecule has 32 heavy (non-hydrogen) atoms. The molecule has 6 heteroatoms. The lowest BCUT2D eigenvalue weighted by atomic mass is 10.1. The quantitative estimate of drug-likeness (QED) is 0.659. The number of hydrogen-bond acceptors (Lipinski definition) is 3. The zero-order chi connectivity index (χ0) is 22.3. The van der Waals surface area contributed by atoms with Gasteiger partial charge in [-0.05, 0) is 73.6 Å². The third-order valence-electron chi connectivity index (χ3n) is 5.80. The molecule has 0 aromatic heterocycles. The lowest BCUT2D eigenvalue weighted by molar-refractivity contribution is -0.116. The highest BCUT2D eigenvalue weighted by Crippen LogP contribution is 2.19. The predicted octanol–water partition coefficient (Wildman–Crippen LogP) is 3.53. The Bertz CT molecular complexity index is 1000. The summed E-state index contributed by atoms with van der Waals surface area (Å²) < 4.78 is 0. The molecule has 4 rings (SSSR count). The van der Waals surface area contributed by atoms with Gasteiger partial charge in [0.2, 0.25) is 5.91 Å². The third kappa shape index (κ3) is 6.06. The van der Waals surface area contributed by atoms with Gasteiger partial charge in [0.15, 0.2) is 0 Å². The van der Waals surface area contributed by atoms with Gasteiger partial charge in [0.05, 0.1) is 0 Å². The number of nitrogens with zero attached hydrogens (tertiary/aromatic N) is 1. The topological polar surface area (TPSA) is 78.5 Å². The summed E-state index contributed by atoms with van der Waals surface area (Å²) >= 11 is 0. The van der Waals surface area contributed by atoms with Crippen molar-refractivity contribution in [2.24, 2.45) is 0 Å². The lowest BCUT2D eigenvalue weighted by Gasteiger charge is -2.26. The van der Waals surface area contributed by atoms with E-state index in [1.54, 1.807) is 18.2 Å². The summed E-state index contributed by atoms with van der Waals surface area (Å²) in [5.41, 5.74) is 3.02. The summed E-state index contributed by atoms with van der Waals surface area (Å²) in [5, 5.41) is 5.81. The van der Waals surface area contributed by atoms with E-state index in [2.05, 4.69) is 10.6 Å². The standard InChI is InChI=1S/C26H29N3O3/c30-24(14-9-19-7-10-21(11-8-19)25(31)28-23-12-13-23)27-18-20-5-4-6-22(17-20)26(32)29-15-2-1-3-16-29/h4-11,14,17,23H,1-3,12-13,15-16,18H2,(H,27,30)(H,28,31). The van der Waals surface area contributed by atoms with Gasteiger partial charge in [-0.25, -0.2) is 0 Å². The van der Waals surface area contributed by atoms with Crippen LogP contribution < -0.4 is 10.6 Å². The molecule has 2 aromatic rings. The first-order valence-corrected chi connectivity index (χ1v) is 11.3. The minimum absolute atomic E-state index is 0.0539. The summed E-state index contributed by atoms with van der Waals surface area (Å²) in [6, 6.07) is 14.9. The first-order valence-electron chi connectivity index (χ1n) is 11.3. The van der Waals surface area contributed by atoms with Gasteiger partial charge in [0, 0.05) is 42.9 Å². The van der Waals surface area contributed by atoms with E-state index in [0.29, 0.717) is 23.7 Å². The molecule has 2 aliphatic rings. The highest BCUT2D eigenvalue weighted by atomic mass is 16.2. The number of carbonyl (C=O) groups excluding carboxylic acids is 3. The molecule has 0 atom stereocenters. The Kier molecular flexibility index (Phi) is 7.00. The van der Waals surface area contributed by atoms with Gasteiger partial charge in [-0.2, -0.15) is 0 Å². The van der Waals surface area contributed by atoms with Crippen molar-refractivity contribution in [2.45, 2.75) is 44.7 Å². The molecule has 1 heterocycles. The fraction of sp³-hybridized carbons (Fsp3) is 0.346. The first-order chi connectivity index (χ1) is 15.6. The van der Waals surface area contributed by atoms with Crippen molar-refractivity contribution in [3.63, 3.8) is 0 Å². The van der Waals surface area contributed by atoms with Gasteiger partial charge in [-0.1, -0.05) is 24.3 Å². The molecule has 1 aliphatic carbocycles. The molecule has 1 saturated heterocycles. The number of piperidine rings is 1. The van der Waals surface area contributed by atoms with Crippen molar-refractivity contribution >= 4 is 23.8 Å². The maximum atomic E-state index is 12.7. The zero-order valence-corrected chi connectivity index (χ0v) is 18.2. The van der Waals surface area contributed by atoms with E-state index in [1.165, 1.54) is 12.5 Å². The van der Waals surface area contributed by atoms with Crippen LogP contribution in [0.25, 0.3) is 6.08 Å². The van der Waals surface area contributed by atoms with Gasteiger partial charge in [0.1, 0.15) is 0 Å². The average molecular weight is 432 g/mol. The second kappa shape index (κ2) is 10.3. The van der Waals surface area contributed by atoms with Crippen LogP contribution in [0, 0.1) is 0 Å². The molecular formula is C26H29N3O3. The van der Waals surface area contributed by atoms with Crippen molar-refractivity contribution < 1.29 is 14.4 Å². The van der Waals surface area contributed by atoms with Crippen molar-refractivity contribution in [3.05, 3.63) is 76.9 Å². The monoisotopic (exact) mass is 431 g/mol. The summed E-state index contributed by atoms with van der Waals surface area (Å²) in [4.78, 5) is 38.8. The summed E-state index contributed by atoms with van der Waals surface area (Å²) in [5.74, 6) is -0.206. The van der Waals surface area contributed by atoms with E-state index in [-0.39, 0.29) is 17.7 Å². The summed E-state index contributed by atoms with van der Waals surface area (Å²) in [6.07, 6.45) is 8.61. The van der Waals surface area contributed by atoms with Gasteiger partial charge in [-0.15, -0.1) is 0 Å². The molecule has 6 nitrogen and oxygen atoms in total. The van der Waals surface area contributed by atoms with Crippen molar-refractivity contribution in [2.75, 3.05) is 13.1 Å². The SMILES string of the molecule is O=C(C=Cc1ccc(C(=O)NC2CC2)cc1)NCc1cccc(C(=O)N2CCCCC2)c1. The number of rotatable bonds is 7. The molecule has 3 amide bonds. The largest absolute Gasteiger partial charge is 0.349 e. The predicted molar refractivity (Wildman–Crippen MR) is 124 cm³/mol. The molecule has 0 bridgehead atoms. The van der Waals surface area contributed by atoms with Gasteiger partial charge < -0.3 is 15.5 Å². The van der Waals surface area contributed by atoms with E-state index < -0.39 is 0 Å². The van der Waals surface area contributed by atoms with Crippen LogP contribution >= 0.6 is 0 Å². The van der Waals surface area contributed by atoms with E-state index >= 15 is 0 Å².